The standard InChI is InChI=1S/C16H23NO3/c1-10-6-12(9-16(2,3)8-10)20-15(19)13-7-11(17)4-5-14(13)18/h4-5,7,10,12,18H,6,8-9,17H2,1-3H3. The Balaban J connectivity index is 2.09. The molecular weight excluding hydrogens is 254 g/mol. The van der Waals surface area contributed by atoms with Crippen LogP contribution in [0.3, 0.4) is 0 Å². The van der Waals surface area contributed by atoms with Crippen LogP contribution in [0.1, 0.15) is 50.4 Å². The van der Waals surface area contributed by atoms with Gasteiger partial charge in [-0.2, -0.15) is 0 Å². The summed E-state index contributed by atoms with van der Waals surface area (Å²) in [7, 11) is 0. The number of aromatic hydroxyl groups is 1. The van der Waals surface area contributed by atoms with Gasteiger partial charge in [0.25, 0.3) is 0 Å². The molecule has 4 nitrogen and oxygen atoms in total. The number of phenols is 1. The molecule has 0 radical (unpaired) electrons. The average molecular weight is 277 g/mol. The van der Waals surface area contributed by atoms with Crippen molar-refractivity contribution < 1.29 is 14.6 Å². The number of anilines is 1. The lowest BCUT2D eigenvalue weighted by molar-refractivity contribution is -0.00733. The highest BCUT2D eigenvalue weighted by molar-refractivity contribution is 5.93. The number of nitrogen functional groups attached to an aromatic ring is 1. The van der Waals surface area contributed by atoms with E-state index in [1.54, 1.807) is 6.07 Å². The number of rotatable bonds is 2. The van der Waals surface area contributed by atoms with Crippen LogP contribution >= 0.6 is 0 Å². The van der Waals surface area contributed by atoms with Gasteiger partial charge in [-0.05, 0) is 48.8 Å². The molecule has 0 heterocycles. The van der Waals surface area contributed by atoms with E-state index in [1.165, 1.54) is 12.1 Å². The highest BCUT2D eigenvalue weighted by Crippen LogP contribution is 2.40. The number of hydrogen-bond donors (Lipinski definition) is 2. The fourth-order valence-electron chi connectivity index (χ4n) is 3.28. The molecule has 0 aromatic heterocycles. The second-order valence-corrected chi connectivity index (χ2v) is 6.72. The third kappa shape index (κ3) is 3.44. The molecule has 2 unspecified atom stereocenters. The van der Waals surface area contributed by atoms with Crippen molar-refractivity contribution in [3.05, 3.63) is 23.8 Å². The Morgan fingerprint density at radius 3 is 2.75 bits per heavy atom. The third-order valence-electron chi connectivity index (χ3n) is 3.86. The zero-order valence-corrected chi connectivity index (χ0v) is 12.3. The minimum Gasteiger partial charge on any atom is -0.507 e. The van der Waals surface area contributed by atoms with Crippen LogP contribution < -0.4 is 5.73 Å². The fraction of sp³-hybridized carbons (Fsp3) is 0.562. The van der Waals surface area contributed by atoms with Crippen molar-refractivity contribution in [2.45, 2.75) is 46.1 Å². The van der Waals surface area contributed by atoms with Crippen molar-refractivity contribution in [2.75, 3.05) is 5.73 Å². The maximum Gasteiger partial charge on any atom is 0.342 e. The third-order valence-corrected chi connectivity index (χ3v) is 3.86. The van der Waals surface area contributed by atoms with Gasteiger partial charge in [-0.25, -0.2) is 4.79 Å². The monoisotopic (exact) mass is 277 g/mol. The zero-order valence-electron chi connectivity index (χ0n) is 12.3. The molecule has 20 heavy (non-hydrogen) atoms. The quantitative estimate of drug-likeness (QED) is 0.494. The lowest BCUT2D eigenvalue weighted by atomic mass is 9.71. The van der Waals surface area contributed by atoms with Gasteiger partial charge in [0, 0.05) is 5.69 Å². The first kappa shape index (κ1) is 14.7. The highest BCUT2D eigenvalue weighted by Gasteiger charge is 2.34. The Morgan fingerprint density at radius 2 is 2.10 bits per heavy atom. The maximum absolute atomic E-state index is 12.2. The SMILES string of the molecule is CC1CC(OC(=O)c2cc(N)ccc2O)CC(C)(C)C1. The van der Waals surface area contributed by atoms with Crippen LogP contribution in [-0.2, 0) is 4.74 Å². The molecule has 1 saturated carbocycles. The topological polar surface area (TPSA) is 72.5 Å². The fourth-order valence-corrected chi connectivity index (χ4v) is 3.28. The van der Waals surface area contributed by atoms with Gasteiger partial charge in [-0.1, -0.05) is 20.8 Å². The van der Waals surface area contributed by atoms with Gasteiger partial charge in [0.05, 0.1) is 0 Å². The first-order valence-corrected chi connectivity index (χ1v) is 7.06. The Morgan fingerprint density at radius 1 is 1.40 bits per heavy atom. The number of carbonyl (C=O) groups excluding carboxylic acids is 1. The zero-order chi connectivity index (χ0) is 14.9. The normalized spacial score (nSPS) is 25.1. The summed E-state index contributed by atoms with van der Waals surface area (Å²) < 4.78 is 5.56. The summed E-state index contributed by atoms with van der Waals surface area (Å²) in [6.45, 7) is 6.57. The number of hydrogen-bond acceptors (Lipinski definition) is 4. The lowest BCUT2D eigenvalue weighted by Gasteiger charge is -2.38. The molecule has 1 aliphatic carbocycles. The van der Waals surface area contributed by atoms with E-state index in [2.05, 4.69) is 20.8 Å². The summed E-state index contributed by atoms with van der Waals surface area (Å²) in [6.07, 6.45) is 2.77. The Kier molecular flexibility index (Phi) is 3.93. The molecule has 0 saturated heterocycles. The molecule has 2 rings (SSSR count). The Bertz CT molecular complexity index is 510. The van der Waals surface area contributed by atoms with Crippen molar-refractivity contribution in [3.8, 4) is 5.75 Å². The number of nitrogens with two attached hydrogens (primary N) is 1. The van der Waals surface area contributed by atoms with E-state index < -0.39 is 5.97 Å². The van der Waals surface area contributed by atoms with Gasteiger partial charge >= 0.3 is 5.97 Å². The molecule has 0 spiro atoms. The van der Waals surface area contributed by atoms with E-state index in [0.717, 1.165) is 19.3 Å². The molecule has 1 fully saturated rings. The van der Waals surface area contributed by atoms with Gasteiger partial charge in [-0.15, -0.1) is 0 Å². The van der Waals surface area contributed by atoms with E-state index in [4.69, 9.17) is 10.5 Å². The number of benzene rings is 1. The molecule has 0 bridgehead atoms. The van der Waals surface area contributed by atoms with Crippen LogP contribution in [0.5, 0.6) is 5.75 Å². The number of carbonyl (C=O) groups is 1. The largest absolute Gasteiger partial charge is 0.507 e. The summed E-state index contributed by atoms with van der Waals surface area (Å²) in [5.41, 5.74) is 6.40. The van der Waals surface area contributed by atoms with Crippen molar-refractivity contribution in [1.29, 1.82) is 0 Å². The molecule has 0 amide bonds. The molecule has 1 aromatic carbocycles. The van der Waals surface area contributed by atoms with Crippen molar-refractivity contribution in [2.24, 2.45) is 11.3 Å². The van der Waals surface area contributed by atoms with Crippen LogP contribution in [0.25, 0.3) is 0 Å². The summed E-state index contributed by atoms with van der Waals surface area (Å²) >= 11 is 0. The van der Waals surface area contributed by atoms with Gasteiger partial charge in [0.2, 0.25) is 0 Å². The van der Waals surface area contributed by atoms with E-state index in [1.807, 2.05) is 0 Å². The summed E-state index contributed by atoms with van der Waals surface area (Å²) in [5, 5.41) is 9.73. The van der Waals surface area contributed by atoms with Crippen LogP contribution in [0, 0.1) is 11.3 Å². The molecule has 3 N–H and O–H groups in total. The molecule has 4 heteroatoms. The van der Waals surface area contributed by atoms with Crippen molar-refractivity contribution in [1.82, 2.24) is 0 Å². The van der Waals surface area contributed by atoms with Crippen LogP contribution in [-0.4, -0.2) is 17.2 Å². The number of esters is 1. The first-order chi connectivity index (χ1) is 9.27. The molecule has 110 valence electrons. The lowest BCUT2D eigenvalue weighted by Crippen LogP contribution is -2.34. The molecular formula is C16H23NO3. The van der Waals surface area contributed by atoms with E-state index in [0.29, 0.717) is 11.6 Å². The second-order valence-electron chi connectivity index (χ2n) is 6.72. The smallest absolute Gasteiger partial charge is 0.342 e. The van der Waals surface area contributed by atoms with Gasteiger partial charge in [0.1, 0.15) is 17.4 Å². The van der Waals surface area contributed by atoms with Gasteiger partial charge in [-0.3, -0.25) is 0 Å². The van der Waals surface area contributed by atoms with Crippen molar-refractivity contribution >= 4 is 11.7 Å². The summed E-state index contributed by atoms with van der Waals surface area (Å²) in [5.74, 6) is -0.0528. The predicted octanol–water partition coefficient (Wildman–Crippen LogP) is 3.35. The molecule has 2 atom stereocenters. The maximum atomic E-state index is 12.2. The summed E-state index contributed by atoms with van der Waals surface area (Å²) in [6, 6.07) is 4.42. The molecule has 1 aliphatic rings. The second kappa shape index (κ2) is 5.35. The van der Waals surface area contributed by atoms with E-state index >= 15 is 0 Å². The van der Waals surface area contributed by atoms with Crippen LogP contribution in [0.2, 0.25) is 0 Å². The van der Waals surface area contributed by atoms with Gasteiger partial charge < -0.3 is 15.6 Å². The Labute approximate surface area is 119 Å². The Hall–Kier alpha value is -1.71. The highest BCUT2D eigenvalue weighted by atomic mass is 16.5. The minimum atomic E-state index is -0.496. The predicted molar refractivity (Wildman–Crippen MR) is 78.5 cm³/mol. The average Bonchev–Trinajstić information content (AvgIpc) is 2.29. The van der Waals surface area contributed by atoms with Crippen LogP contribution in [0.4, 0.5) is 5.69 Å². The molecule has 1 aromatic rings. The first-order valence-electron chi connectivity index (χ1n) is 7.06. The van der Waals surface area contributed by atoms with E-state index in [-0.39, 0.29) is 22.8 Å². The number of ether oxygens (including phenoxy) is 1. The number of phenolic OH excluding ortho intramolecular Hbond substituents is 1. The molecule has 0 aliphatic heterocycles. The van der Waals surface area contributed by atoms with Gasteiger partial charge in [0.15, 0.2) is 0 Å². The van der Waals surface area contributed by atoms with Crippen molar-refractivity contribution in [3.63, 3.8) is 0 Å². The minimum absolute atomic E-state index is 0.0904. The van der Waals surface area contributed by atoms with E-state index in [9.17, 15) is 9.90 Å². The summed E-state index contributed by atoms with van der Waals surface area (Å²) in [4.78, 5) is 12.2. The van der Waals surface area contributed by atoms with Crippen LogP contribution in [0.15, 0.2) is 18.2 Å².